The van der Waals surface area contributed by atoms with Crippen molar-refractivity contribution >= 4 is 23.2 Å². The number of halogens is 3. The van der Waals surface area contributed by atoms with Crippen LogP contribution >= 0.6 is 23.2 Å². The standard InChI is InChI=1S/C22H28Cl2FNO/c1-21(2,3)14-22(4,5)26-12-16-10-17(23)7-9-20(16)27-13-15-6-8-18(25)11-19(15)24/h6-11,26H,12-14H2,1-5H3. The summed E-state index contributed by atoms with van der Waals surface area (Å²) in [5.41, 5.74) is 1.91. The van der Waals surface area contributed by atoms with Crippen molar-refractivity contribution in [2.24, 2.45) is 5.41 Å². The fourth-order valence-electron chi connectivity index (χ4n) is 3.34. The Hall–Kier alpha value is -1.29. The van der Waals surface area contributed by atoms with Crippen molar-refractivity contribution in [3.8, 4) is 5.75 Å². The second kappa shape index (κ2) is 8.81. The summed E-state index contributed by atoms with van der Waals surface area (Å²) in [6.45, 7) is 12.0. The van der Waals surface area contributed by atoms with Crippen LogP contribution in [0.25, 0.3) is 0 Å². The van der Waals surface area contributed by atoms with Gasteiger partial charge >= 0.3 is 0 Å². The Labute approximate surface area is 172 Å². The molecule has 0 aliphatic heterocycles. The maximum absolute atomic E-state index is 13.2. The molecule has 0 fully saturated rings. The highest BCUT2D eigenvalue weighted by molar-refractivity contribution is 6.31. The lowest BCUT2D eigenvalue weighted by molar-refractivity contribution is 0.238. The Bertz CT molecular complexity index is 784. The van der Waals surface area contributed by atoms with Gasteiger partial charge in [-0.2, -0.15) is 0 Å². The fourth-order valence-corrected chi connectivity index (χ4v) is 3.76. The van der Waals surface area contributed by atoms with Crippen LogP contribution in [-0.2, 0) is 13.2 Å². The molecule has 2 nitrogen and oxygen atoms in total. The van der Waals surface area contributed by atoms with Gasteiger partial charge in [-0.3, -0.25) is 0 Å². The normalized spacial score (nSPS) is 12.3. The molecule has 0 atom stereocenters. The molecule has 0 aliphatic rings. The molecular formula is C22H28Cl2FNO. The molecule has 27 heavy (non-hydrogen) atoms. The number of rotatable bonds is 7. The van der Waals surface area contributed by atoms with Crippen LogP contribution in [0.15, 0.2) is 36.4 Å². The van der Waals surface area contributed by atoms with Crippen LogP contribution in [0, 0.1) is 11.2 Å². The van der Waals surface area contributed by atoms with E-state index >= 15 is 0 Å². The van der Waals surface area contributed by atoms with Crippen LogP contribution in [0.4, 0.5) is 4.39 Å². The molecule has 0 spiro atoms. The molecule has 0 aliphatic carbocycles. The van der Waals surface area contributed by atoms with Crippen molar-refractivity contribution in [2.75, 3.05) is 0 Å². The van der Waals surface area contributed by atoms with Gasteiger partial charge in [0.1, 0.15) is 18.2 Å². The highest BCUT2D eigenvalue weighted by atomic mass is 35.5. The Morgan fingerprint density at radius 3 is 2.30 bits per heavy atom. The molecule has 1 N–H and O–H groups in total. The first-order valence-corrected chi connectivity index (χ1v) is 9.81. The Morgan fingerprint density at radius 1 is 0.963 bits per heavy atom. The lowest BCUT2D eigenvalue weighted by Crippen LogP contribution is -2.41. The Kier molecular flexibility index (Phi) is 7.18. The Morgan fingerprint density at radius 2 is 1.67 bits per heavy atom. The van der Waals surface area contributed by atoms with Crippen LogP contribution < -0.4 is 10.1 Å². The van der Waals surface area contributed by atoms with Gasteiger partial charge in [-0.25, -0.2) is 4.39 Å². The lowest BCUT2D eigenvalue weighted by atomic mass is 9.82. The number of benzene rings is 2. The third-order valence-corrected chi connectivity index (χ3v) is 4.74. The lowest BCUT2D eigenvalue weighted by Gasteiger charge is -2.33. The van der Waals surface area contributed by atoms with Crippen LogP contribution in [0.5, 0.6) is 5.75 Å². The maximum atomic E-state index is 13.2. The van der Waals surface area contributed by atoms with Gasteiger partial charge in [0, 0.05) is 28.2 Å². The zero-order chi connectivity index (χ0) is 20.2. The molecule has 5 heteroatoms. The van der Waals surface area contributed by atoms with Crippen LogP contribution in [0.2, 0.25) is 10.0 Å². The SMILES string of the molecule is CC(C)(C)CC(C)(C)NCc1cc(Cl)ccc1OCc1ccc(F)cc1Cl. The summed E-state index contributed by atoms with van der Waals surface area (Å²) in [6, 6.07) is 9.87. The Balaban J connectivity index is 2.10. The number of hydrogen-bond donors (Lipinski definition) is 1. The molecular weight excluding hydrogens is 384 g/mol. The first-order valence-electron chi connectivity index (χ1n) is 9.05. The fraction of sp³-hybridized carbons (Fsp3) is 0.455. The van der Waals surface area contributed by atoms with Gasteiger partial charge < -0.3 is 10.1 Å². The molecule has 0 amide bonds. The van der Waals surface area contributed by atoms with E-state index in [0.717, 1.165) is 23.3 Å². The minimum atomic E-state index is -0.360. The van der Waals surface area contributed by atoms with Crippen molar-refractivity contribution in [3.05, 3.63) is 63.4 Å². The summed E-state index contributed by atoms with van der Waals surface area (Å²) >= 11 is 12.3. The van der Waals surface area contributed by atoms with Crippen LogP contribution in [0.3, 0.4) is 0 Å². The predicted octanol–water partition coefficient (Wildman–Crippen LogP) is 7.02. The van der Waals surface area contributed by atoms with Crippen molar-refractivity contribution in [3.63, 3.8) is 0 Å². The summed E-state index contributed by atoms with van der Waals surface area (Å²) in [7, 11) is 0. The third-order valence-electron chi connectivity index (χ3n) is 4.15. The summed E-state index contributed by atoms with van der Waals surface area (Å²) < 4.78 is 19.2. The van der Waals surface area contributed by atoms with Crippen LogP contribution in [-0.4, -0.2) is 5.54 Å². The first kappa shape index (κ1) is 22.0. The first-order chi connectivity index (χ1) is 12.5. The highest BCUT2D eigenvalue weighted by Crippen LogP contribution is 2.29. The van der Waals surface area contributed by atoms with E-state index in [-0.39, 0.29) is 23.4 Å². The van der Waals surface area contributed by atoms with Crippen molar-refractivity contribution in [1.82, 2.24) is 5.32 Å². The van der Waals surface area contributed by atoms with Gasteiger partial charge in [-0.05, 0) is 56.0 Å². The molecule has 148 valence electrons. The quantitative estimate of drug-likeness (QED) is 0.528. The van der Waals surface area contributed by atoms with Crippen molar-refractivity contribution in [2.45, 2.75) is 59.7 Å². The average Bonchev–Trinajstić information content (AvgIpc) is 2.51. The van der Waals surface area contributed by atoms with Gasteiger partial charge in [-0.15, -0.1) is 0 Å². The van der Waals surface area contributed by atoms with E-state index in [4.69, 9.17) is 27.9 Å². The minimum Gasteiger partial charge on any atom is -0.489 e. The van der Waals surface area contributed by atoms with Gasteiger partial charge in [-0.1, -0.05) is 50.0 Å². The topological polar surface area (TPSA) is 21.3 Å². The minimum absolute atomic E-state index is 0.0297. The summed E-state index contributed by atoms with van der Waals surface area (Å²) in [5.74, 6) is 0.375. The second-order valence-corrected chi connectivity index (χ2v) is 9.59. The molecule has 0 unspecified atom stereocenters. The maximum Gasteiger partial charge on any atom is 0.124 e. The average molecular weight is 412 g/mol. The number of ether oxygens (including phenoxy) is 1. The van der Waals surface area contributed by atoms with Gasteiger partial charge in [0.15, 0.2) is 0 Å². The molecule has 2 rings (SSSR count). The van der Waals surface area contributed by atoms with Crippen LogP contribution in [0.1, 0.15) is 52.2 Å². The molecule has 0 saturated carbocycles. The molecule has 0 radical (unpaired) electrons. The molecule has 2 aromatic carbocycles. The van der Waals surface area contributed by atoms with E-state index in [1.807, 2.05) is 12.1 Å². The summed E-state index contributed by atoms with van der Waals surface area (Å²) in [4.78, 5) is 0. The highest BCUT2D eigenvalue weighted by Gasteiger charge is 2.25. The molecule has 2 aromatic rings. The van der Waals surface area contributed by atoms with Crippen molar-refractivity contribution < 1.29 is 9.13 Å². The van der Waals surface area contributed by atoms with Gasteiger partial charge in [0.05, 0.1) is 5.02 Å². The van der Waals surface area contributed by atoms with E-state index in [1.165, 1.54) is 12.1 Å². The summed E-state index contributed by atoms with van der Waals surface area (Å²) in [5, 5.41) is 4.62. The molecule has 0 aromatic heterocycles. The molecule has 0 heterocycles. The summed E-state index contributed by atoms with van der Waals surface area (Å²) in [6.07, 6.45) is 1.03. The molecule has 0 bridgehead atoms. The van der Waals surface area contributed by atoms with Crippen molar-refractivity contribution in [1.29, 1.82) is 0 Å². The third kappa shape index (κ3) is 7.33. The van der Waals surface area contributed by atoms with E-state index in [0.29, 0.717) is 16.6 Å². The van der Waals surface area contributed by atoms with E-state index < -0.39 is 0 Å². The van der Waals surface area contributed by atoms with E-state index in [9.17, 15) is 4.39 Å². The number of nitrogens with one attached hydrogen (secondary N) is 1. The molecule has 0 saturated heterocycles. The van der Waals surface area contributed by atoms with Gasteiger partial charge in [0.2, 0.25) is 0 Å². The monoisotopic (exact) mass is 411 g/mol. The number of hydrogen-bond acceptors (Lipinski definition) is 2. The zero-order valence-electron chi connectivity index (χ0n) is 16.6. The largest absolute Gasteiger partial charge is 0.489 e. The van der Waals surface area contributed by atoms with Gasteiger partial charge in [0.25, 0.3) is 0 Å². The second-order valence-electron chi connectivity index (χ2n) is 8.75. The zero-order valence-corrected chi connectivity index (χ0v) is 18.1. The smallest absolute Gasteiger partial charge is 0.124 e. The van der Waals surface area contributed by atoms with E-state index in [1.54, 1.807) is 12.1 Å². The predicted molar refractivity (Wildman–Crippen MR) is 112 cm³/mol. The van der Waals surface area contributed by atoms with E-state index in [2.05, 4.69) is 39.9 Å².